The van der Waals surface area contributed by atoms with Crippen LogP contribution >= 0.6 is 11.8 Å². The molecule has 1 fully saturated rings. The minimum absolute atomic E-state index is 0.0319. The van der Waals surface area contributed by atoms with Crippen molar-refractivity contribution in [3.63, 3.8) is 0 Å². The number of amides is 2. The van der Waals surface area contributed by atoms with E-state index in [1.807, 2.05) is 54.6 Å². The van der Waals surface area contributed by atoms with Crippen LogP contribution in [0.25, 0.3) is 0 Å². The Kier molecular flexibility index (Phi) is 10.2. The highest BCUT2D eigenvalue weighted by Gasteiger charge is 2.32. The zero-order chi connectivity index (χ0) is 26.7. The molecule has 2 amide bonds. The number of thioether (sulfide) groups is 1. The van der Waals surface area contributed by atoms with Crippen LogP contribution in [0.2, 0.25) is 0 Å². The molecule has 1 aliphatic carbocycles. The van der Waals surface area contributed by atoms with E-state index in [0.29, 0.717) is 17.7 Å². The number of hydrogen-bond donors (Lipinski definition) is 1. The van der Waals surface area contributed by atoms with Gasteiger partial charge >= 0.3 is 0 Å². The molecule has 1 N–H and O–H groups in total. The Balaban J connectivity index is 1.55. The zero-order valence-electron chi connectivity index (χ0n) is 21.8. The van der Waals surface area contributed by atoms with Gasteiger partial charge in [-0.3, -0.25) is 9.59 Å². The Hall–Kier alpha value is -3.32. The molecule has 1 atom stereocenters. The summed E-state index contributed by atoms with van der Waals surface area (Å²) in [6.45, 7) is 0.0319. The van der Waals surface area contributed by atoms with Gasteiger partial charge in [0.15, 0.2) is 0 Å². The predicted octanol–water partition coefficient (Wildman–Crippen LogP) is 5.77. The third kappa shape index (κ3) is 7.84. The summed E-state index contributed by atoms with van der Waals surface area (Å²) in [4.78, 5) is 28.9. The molecule has 3 aromatic rings. The van der Waals surface area contributed by atoms with E-state index in [0.717, 1.165) is 42.6 Å². The number of benzene rings is 3. The number of rotatable bonds is 12. The van der Waals surface area contributed by atoms with Crippen LogP contribution in [0, 0.1) is 5.82 Å². The second kappa shape index (κ2) is 14.0. The first-order valence-electron chi connectivity index (χ1n) is 13.1. The van der Waals surface area contributed by atoms with Crippen LogP contribution in [-0.2, 0) is 28.3 Å². The molecule has 5 nitrogen and oxygen atoms in total. The molecule has 200 valence electrons. The summed E-state index contributed by atoms with van der Waals surface area (Å²) in [5.74, 6) is 0.859. The van der Waals surface area contributed by atoms with Gasteiger partial charge in [-0.2, -0.15) is 0 Å². The smallest absolute Gasteiger partial charge is 0.243 e. The minimum atomic E-state index is -0.744. The highest BCUT2D eigenvalue weighted by atomic mass is 32.2. The normalized spacial score (nSPS) is 14.2. The SMILES string of the molecule is COc1ccc(CSCC(=O)N(Cc2ccccc2F)[C@@H](Cc2ccccc2)C(=O)NC2CCCC2)cc1. The lowest BCUT2D eigenvalue weighted by molar-refractivity contribution is -0.139. The van der Waals surface area contributed by atoms with Gasteiger partial charge in [0.2, 0.25) is 11.8 Å². The van der Waals surface area contributed by atoms with E-state index < -0.39 is 6.04 Å². The van der Waals surface area contributed by atoms with Crippen LogP contribution in [0.1, 0.15) is 42.4 Å². The van der Waals surface area contributed by atoms with Crippen molar-refractivity contribution >= 4 is 23.6 Å². The van der Waals surface area contributed by atoms with Crippen molar-refractivity contribution in [2.75, 3.05) is 12.9 Å². The minimum Gasteiger partial charge on any atom is -0.497 e. The standard InChI is InChI=1S/C31H35FN2O3S/c1-37-27-17-15-24(16-18-27)21-38-22-30(35)34(20-25-11-5-8-14-28(25)32)29(19-23-9-3-2-4-10-23)31(36)33-26-12-6-7-13-26/h2-5,8-11,14-18,26,29H,6-7,12-13,19-22H2,1H3,(H,33,36)/t29-/m0/s1. The third-order valence-electron chi connectivity index (χ3n) is 6.92. The van der Waals surface area contributed by atoms with E-state index in [4.69, 9.17) is 4.74 Å². The van der Waals surface area contributed by atoms with Crippen molar-refractivity contribution in [2.45, 2.75) is 56.5 Å². The van der Waals surface area contributed by atoms with Gasteiger partial charge in [-0.05, 0) is 42.2 Å². The van der Waals surface area contributed by atoms with E-state index >= 15 is 0 Å². The molecule has 38 heavy (non-hydrogen) atoms. The molecule has 0 aromatic heterocycles. The molecule has 1 aliphatic rings. The van der Waals surface area contributed by atoms with E-state index in [1.54, 1.807) is 30.2 Å². The van der Waals surface area contributed by atoms with Crippen LogP contribution in [0.5, 0.6) is 5.75 Å². The fourth-order valence-corrected chi connectivity index (χ4v) is 5.66. The van der Waals surface area contributed by atoms with Gasteiger partial charge in [0.1, 0.15) is 17.6 Å². The summed E-state index contributed by atoms with van der Waals surface area (Å²) >= 11 is 1.48. The number of methoxy groups -OCH3 is 1. The molecule has 3 aromatic carbocycles. The summed E-state index contributed by atoms with van der Waals surface area (Å²) < 4.78 is 19.9. The molecular formula is C31H35FN2O3S. The Bertz CT molecular complexity index is 1180. The Morgan fingerprint density at radius 2 is 1.66 bits per heavy atom. The monoisotopic (exact) mass is 534 g/mol. The van der Waals surface area contributed by atoms with Crippen molar-refractivity contribution < 1.29 is 18.7 Å². The maximum atomic E-state index is 14.7. The Labute approximate surface area is 228 Å². The molecule has 7 heteroatoms. The lowest BCUT2D eigenvalue weighted by atomic mass is 10.0. The quantitative estimate of drug-likeness (QED) is 0.321. The number of nitrogens with one attached hydrogen (secondary N) is 1. The Morgan fingerprint density at radius 3 is 2.34 bits per heavy atom. The van der Waals surface area contributed by atoms with Crippen molar-refractivity contribution in [1.82, 2.24) is 10.2 Å². The molecule has 0 aliphatic heterocycles. The first-order chi connectivity index (χ1) is 18.5. The van der Waals surface area contributed by atoms with Gasteiger partial charge in [-0.1, -0.05) is 73.5 Å². The lowest BCUT2D eigenvalue weighted by Crippen LogP contribution is -2.52. The molecule has 0 unspecified atom stereocenters. The van der Waals surface area contributed by atoms with Gasteiger partial charge in [-0.15, -0.1) is 11.8 Å². The lowest BCUT2D eigenvalue weighted by Gasteiger charge is -2.32. The number of carbonyl (C=O) groups excluding carboxylic acids is 2. The van der Waals surface area contributed by atoms with E-state index in [1.165, 1.54) is 17.8 Å². The maximum Gasteiger partial charge on any atom is 0.243 e. The fourth-order valence-electron chi connectivity index (χ4n) is 4.79. The second-order valence-electron chi connectivity index (χ2n) is 9.65. The highest BCUT2D eigenvalue weighted by molar-refractivity contribution is 7.99. The largest absolute Gasteiger partial charge is 0.497 e. The van der Waals surface area contributed by atoms with E-state index in [2.05, 4.69) is 5.32 Å². The number of hydrogen-bond acceptors (Lipinski definition) is 4. The molecule has 0 spiro atoms. The first-order valence-corrected chi connectivity index (χ1v) is 14.3. The van der Waals surface area contributed by atoms with Crippen molar-refractivity contribution in [1.29, 1.82) is 0 Å². The fraction of sp³-hybridized carbons (Fsp3) is 0.355. The van der Waals surface area contributed by atoms with Crippen LogP contribution in [0.3, 0.4) is 0 Å². The van der Waals surface area contributed by atoms with Crippen LogP contribution < -0.4 is 10.1 Å². The van der Waals surface area contributed by atoms with Crippen molar-refractivity contribution in [3.05, 3.63) is 101 Å². The topological polar surface area (TPSA) is 58.6 Å². The summed E-state index contributed by atoms with van der Waals surface area (Å²) in [6.07, 6.45) is 4.44. The summed E-state index contributed by atoms with van der Waals surface area (Å²) in [5, 5.41) is 3.18. The van der Waals surface area contributed by atoms with Crippen LogP contribution in [0.4, 0.5) is 4.39 Å². The highest BCUT2D eigenvalue weighted by Crippen LogP contribution is 2.22. The second-order valence-corrected chi connectivity index (χ2v) is 10.6. The van der Waals surface area contributed by atoms with Gasteiger partial charge in [0, 0.05) is 30.3 Å². The number of nitrogens with zero attached hydrogens (tertiary/aromatic N) is 1. The summed E-state index contributed by atoms with van der Waals surface area (Å²) in [7, 11) is 1.63. The average Bonchev–Trinajstić information content (AvgIpc) is 3.45. The summed E-state index contributed by atoms with van der Waals surface area (Å²) in [5.41, 5.74) is 2.42. The number of halogens is 1. The predicted molar refractivity (Wildman–Crippen MR) is 150 cm³/mol. The molecule has 4 rings (SSSR count). The first kappa shape index (κ1) is 27.7. The number of carbonyl (C=O) groups is 2. The third-order valence-corrected chi connectivity index (χ3v) is 7.91. The molecule has 1 saturated carbocycles. The van der Waals surface area contributed by atoms with Gasteiger partial charge < -0.3 is 15.0 Å². The molecule has 0 bridgehead atoms. The zero-order valence-corrected chi connectivity index (χ0v) is 22.6. The molecular weight excluding hydrogens is 499 g/mol. The molecule has 0 radical (unpaired) electrons. The van der Waals surface area contributed by atoms with E-state index in [-0.39, 0.29) is 36.0 Å². The molecule has 0 saturated heterocycles. The summed E-state index contributed by atoms with van der Waals surface area (Å²) in [6, 6.07) is 23.3. The van der Waals surface area contributed by atoms with Gasteiger partial charge in [-0.25, -0.2) is 4.39 Å². The van der Waals surface area contributed by atoms with Crippen LogP contribution in [-0.4, -0.2) is 41.7 Å². The molecule has 0 heterocycles. The average molecular weight is 535 g/mol. The van der Waals surface area contributed by atoms with E-state index in [9.17, 15) is 14.0 Å². The maximum absolute atomic E-state index is 14.7. The van der Waals surface area contributed by atoms with Crippen molar-refractivity contribution in [3.8, 4) is 5.75 Å². The van der Waals surface area contributed by atoms with Crippen molar-refractivity contribution in [2.24, 2.45) is 0 Å². The van der Waals surface area contributed by atoms with Gasteiger partial charge in [0.05, 0.1) is 12.9 Å². The Morgan fingerprint density at radius 1 is 0.974 bits per heavy atom. The van der Waals surface area contributed by atoms with Gasteiger partial charge in [0.25, 0.3) is 0 Å². The van der Waals surface area contributed by atoms with Crippen LogP contribution in [0.15, 0.2) is 78.9 Å². The number of ether oxygens (including phenoxy) is 1.